The van der Waals surface area contributed by atoms with Crippen LogP contribution in [0.25, 0.3) is 11.3 Å². The van der Waals surface area contributed by atoms with Gasteiger partial charge in [-0.15, -0.1) is 0 Å². The topological polar surface area (TPSA) is 91.5 Å². The number of carboxylic acids is 1. The zero-order valence-electron chi connectivity index (χ0n) is 17.5. The lowest BCUT2D eigenvalue weighted by molar-refractivity contribution is 0.0697. The lowest BCUT2D eigenvalue weighted by Gasteiger charge is -2.26. The zero-order chi connectivity index (χ0) is 22.8. The maximum atomic E-state index is 11.2. The summed E-state index contributed by atoms with van der Waals surface area (Å²) in [7, 11) is 0. The van der Waals surface area contributed by atoms with E-state index in [1.165, 1.54) is 0 Å². The van der Waals surface area contributed by atoms with Gasteiger partial charge in [-0.2, -0.15) is 0 Å². The van der Waals surface area contributed by atoms with Gasteiger partial charge in [0, 0.05) is 30.7 Å². The highest BCUT2D eigenvalue weighted by Crippen LogP contribution is 2.41. The number of carboxylic acid groups (broad SMARTS) is 1. The lowest BCUT2D eigenvalue weighted by atomic mass is 10.0. The van der Waals surface area contributed by atoms with Crippen molar-refractivity contribution in [1.82, 2.24) is 20.2 Å². The molecule has 4 aromatic rings. The standard InChI is InChI=1S/C25H20N4O3S/c30-24(31)18-6-4-17(5-7-18)20-8-9-21(32-20)23-22(19-3-1-2-12-27-19)28-25(33)29(23)15-16-10-13-26-14-11-16/h1-14,22-23H,15H2,(H,28,33)(H,30,31)/t22-,23+/m0/s1. The van der Waals surface area contributed by atoms with Crippen molar-refractivity contribution >= 4 is 23.3 Å². The van der Waals surface area contributed by atoms with Gasteiger partial charge in [-0.1, -0.05) is 18.2 Å². The quantitative estimate of drug-likeness (QED) is 0.407. The van der Waals surface area contributed by atoms with Crippen molar-refractivity contribution in [2.75, 3.05) is 0 Å². The number of nitrogens with zero attached hydrogens (tertiary/aromatic N) is 3. The van der Waals surface area contributed by atoms with Crippen LogP contribution in [0.15, 0.2) is 89.7 Å². The Labute approximate surface area is 195 Å². The summed E-state index contributed by atoms with van der Waals surface area (Å²) in [6, 6.07) is 19.8. The summed E-state index contributed by atoms with van der Waals surface area (Å²) in [4.78, 5) is 21.9. The van der Waals surface area contributed by atoms with Gasteiger partial charge >= 0.3 is 5.97 Å². The molecule has 2 atom stereocenters. The fraction of sp³-hybridized carbons (Fsp3) is 0.120. The number of rotatable bonds is 6. The van der Waals surface area contributed by atoms with Gasteiger partial charge in [0.25, 0.3) is 0 Å². The van der Waals surface area contributed by atoms with Crippen LogP contribution in [0.4, 0.5) is 0 Å². The van der Waals surface area contributed by atoms with Crippen LogP contribution in [-0.2, 0) is 6.54 Å². The van der Waals surface area contributed by atoms with E-state index in [9.17, 15) is 4.79 Å². The van der Waals surface area contributed by atoms with Crippen molar-refractivity contribution in [3.05, 3.63) is 108 Å². The predicted molar refractivity (Wildman–Crippen MR) is 126 cm³/mol. The molecule has 0 bridgehead atoms. The second kappa shape index (κ2) is 8.84. The SMILES string of the molecule is O=C(O)c1ccc(-c2ccc([C@@H]3[C@H](c4ccccn4)NC(=S)N3Cc3ccncc3)o2)cc1. The monoisotopic (exact) mass is 456 g/mol. The van der Waals surface area contributed by atoms with Crippen molar-refractivity contribution in [3.63, 3.8) is 0 Å². The molecule has 2 N–H and O–H groups in total. The molecule has 1 aromatic carbocycles. The highest BCUT2D eigenvalue weighted by atomic mass is 32.1. The summed E-state index contributed by atoms with van der Waals surface area (Å²) in [5.74, 6) is 0.435. The largest absolute Gasteiger partial charge is 0.478 e. The highest BCUT2D eigenvalue weighted by molar-refractivity contribution is 7.80. The van der Waals surface area contributed by atoms with Crippen LogP contribution in [0.1, 0.15) is 39.5 Å². The summed E-state index contributed by atoms with van der Waals surface area (Å²) in [6.45, 7) is 0.589. The van der Waals surface area contributed by atoms with Gasteiger partial charge in [0.2, 0.25) is 0 Å². The van der Waals surface area contributed by atoms with Crippen LogP contribution in [0.5, 0.6) is 0 Å². The molecule has 33 heavy (non-hydrogen) atoms. The molecular weight excluding hydrogens is 436 g/mol. The Balaban J connectivity index is 1.51. The molecule has 0 unspecified atom stereocenters. The average Bonchev–Trinajstić information content (AvgIpc) is 3.45. The molecule has 5 rings (SSSR count). The number of furan rings is 1. The number of thiocarbonyl (C=S) groups is 1. The number of carbonyl (C=O) groups is 1. The van der Waals surface area contributed by atoms with E-state index in [4.69, 9.17) is 21.7 Å². The molecule has 8 heteroatoms. The molecule has 7 nitrogen and oxygen atoms in total. The first-order valence-corrected chi connectivity index (χ1v) is 10.8. The minimum Gasteiger partial charge on any atom is -0.478 e. The van der Waals surface area contributed by atoms with E-state index in [0.717, 1.165) is 22.6 Å². The van der Waals surface area contributed by atoms with Gasteiger partial charge in [0.15, 0.2) is 5.11 Å². The number of aromatic carboxylic acids is 1. The number of nitrogens with one attached hydrogen (secondary N) is 1. The van der Waals surface area contributed by atoms with E-state index in [0.29, 0.717) is 17.4 Å². The number of pyridine rings is 2. The van der Waals surface area contributed by atoms with Crippen LogP contribution in [0.3, 0.4) is 0 Å². The minimum absolute atomic E-state index is 0.186. The second-order valence-corrected chi connectivity index (χ2v) is 8.08. The first-order chi connectivity index (χ1) is 16.1. The van der Waals surface area contributed by atoms with E-state index >= 15 is 0 Å². The van der Waals surface area contributed by atoms with E-state index < -0.39 is 5.97 Å². The Hall–Kier alpha value is -4.04. The molecule has 0 aliphatic carbocycles. The summed E-state index contributed by atoms with van der Waals surface area (Å²) in [6.07, 6.45) is 5.29. The third kappa shape index (κ3) is 4.20. The summed E-state index contributed by atoms with van der Waals surface area (Å²) in [5, 5.41) is 13.2. The molecule has 0 amide bonds. The van der Waals surface area contributed by atoms with Crippen LogP contribution in [-0.4, -0.2) is 31.1 Å². The van der Waals surface area contributed by atoms with E-state index in [2.05, 4.69) is 20.2 Å². The Morgan fingerprint density at radius 1 is 1.03 bits per heavy atom. The number of hydrogen-bond donors (Lipinski definition) is 2. The third-order valence-corrected chi connectivity index (χ3v) is 5.99. The maximum absolute atomic E-state index is 11.2. The van der Waals surface area contributed by atoms with E-state index in [1.807, 2.05) is 42.5 Å². The minimum atomic E-state index is -0.961. The first-order valence-electron chi connectivity index (χ1n) is 10.4. The second-order valence-electron chi connectivity index (χ2n) is 7.69. The van der Waals surface area contributed by atoms with Crippen molar-refractivity contribution in [3.8, 4) is 11.3 Å². The molecule has 4 heterocycles. The van der Waals surface area contributed by atoms with Gasteiger partial charge in [0.05, 0.1) is 17.3 Å². The average molecular weight is 457 g/mol. The molecule has 0 radical (unpaired) electrons. The lowest BCUT2D eigenvalue weighted by Crippen LogP contribution is -2.29. The molecule has 1 aliphatic heterocycles. The fourth-order valence-electron chi connectivity index (χ4n) is 4.01. The van der Waals surface area contributed by atoms with Gasteiger partial charge < -0.3 is 19.7 Å². The fourth-order valence-corrected chi connectivity index (χ4v) is 4.32. The predicted octanol–water partition coefficient (Wildman–Crippen LogP) is 4.61. The molecular formula is C25H20N4O3S. The molecule has 0 saturated carbocycles. The van der Waals surface area contributed by atoms with Crippen molar-refractivity contribution in [1.29, 1.82) is 0 Å². The third-order valence-electron chi connectivity index (χ3n) is 5.63. The Kier molecular flexibility index (Phi) is 5.58. The smallest absolute Gasteiger partial charge is 0.335 e. The highest BCUT2D eigenvalue weighted by Gasteiger charge is 2.41. The molecule has 164 valence electrons. The molecule has 0 spiro atoms. The normalized spacial score (nSPS) is 17.7. The van der Waals surface area contributed by atoms with Crippen LogP contribution < -0.4 is 5.32 Å². The number of hydrogen-bond acceptors (Lipinski definition) is 5. The maximum Gasteiger partial charge on any atom is 0.335 e. The molecule has 1 saturated heterocycles. The van der Waals surface area contributed by atoms with Gasteiger partial charge in [-0.25, -0.2) is 4.79 Å². The Morgan fingerprint density at radius 3 is 2.52 bits per heavy atom. The summed E-state index contributed by atoms with van der Waals surface area (Å²) < 4.78 is 6.29. The Morgan fingerprint density at radius 2 is 1.82 bits per heavy atom. The number of aromatic nitrogens is 2. The van der Waals surface area contributed by atoms with Crippen molar-refractivity contribution in [2.24, 2.45) is 0 Å². The van der Waals surface area contributed by atoms with Gasteiger partial charge in [-0.05, 0) is 66.3 Å². The first kappa shape index (κ1) is 20.8. The van der Waals surface area contributed by atoms with Gasteiger partial charge in [0.1, 0.15) is 17.6 Å². The van der Waals surface area contributed by atoms with Crippen molar-refractivity contribution < 1.29 is 14.3 Å². The van der Waals surface area contributed by atoms with E-state index in [-0.39, 0.29) is 17.6 Å². The number of benzene rings is 1. The van der Waals surface area contributed by atoms with Gasteiger partial charge in [-0.3, -0.25) is 9.97 Å². The molecule has 1 aliphatic rings. The van der Waals surface area contributed by atoms with E-state index in [1.54, 1.807) is 42.9 Å². The molecule has 3 aromatic heterocycles. The molecule has 1 fully saturated rings. The summed E-state index contributed by atoms with van der Waals surface area (Å²) >= 11 is 5.71. The van der Waals surface area contributed by atoms with Crippen LogP contribution in [0, 0.1) is 0 Å². The van der Waals surface area contributed by atoms with Crippen molar-refractivity contribution in [2.45, 2.75) is 18.6 Å². The summed E-state index contributed by atoms with van der Waals surface area (Å²) in [5.41, 5.74) is 2.98. The van der Waals surface area contributed by atoms with Crippen LogP contribution in [0.2, 0.25) is 0 Å². The van der Waals surface area contributed by atoms with Crippen LogP contribution >= 0.6 is 12.2 Å². The zero-order valence-corrected chi connectivity index (χ0v) is 18.3. The Bertz CT molecular complexity index is 1280.